The Bertz CT molecular complexity index is 162. The van der Waals surface area contributed by atoms with E-state index in [4.69, 9.17) is 9.47 Å². The lowest BCUT2D eigenvalue weighted by atomic mass is 10.0. The van der Waals surface area contributed by atoms with E-state index in [1.165, 1.54) is 6.42 Å². The summed E-state index contributed by atoms with van der Waals surface area (Å²) in [6.07, 6.45) is 4.41. The molecule has 0 N–H and O–H groups in total. The van der Waals surface area contributed by atoms with Gasteiger partial charge >= 0.3 is 0 Å². The molecule has 0 radical (unpaired) electrons. The van der Waals surface area contributed by atoms with Crippen molar-refractivity contribution in [2.75, 3.05) is 13.7 Å². The monoisotopic (exact) mass is 216 g/mol. The number of hydrogen-bond acceptors (Lipinski definition) is 2. The second kappa shape index (κ2) is 6.49. The van der Waals surface area contributed by atoms with E-state index in [0.717, 1.165) is 25.9 Å². The van der Waals surface area contributed by atoms with Crippen molar-refractivity contribution in [2.45, 2.75) is 71.5 Å². The van der Waals surface area contributed by atoms with Crippen LogP contribution >= 0.6 is 0 Å². The molecule has 0 bridgehead atoms. The van der Waals surface area contributed by atoms with Crippen LogP contribution in [0, 0.1) is 0 Å². The third-order valence-electron chi connectivity index (χ3n) is 2.82. The van der Waals surface area contributed by atoms with Crippen LogP contribution in [0.3, 0.4) is 0 Å². The van der Waals surface area contributed by atoms with Gasteiger partial charge in [0, 0.05) is 13.7 Å². The summed E-state index contributed by atoms with van der Waals surface area (Å²) in [6.45, 7) is 11.6. The van der Waals surface area contributed by atoms with E-state index in [9.17, 15) is 0 Å². The molecule has 0 aromatic rings. The van der Waals surface area contributed by atoms with E-state index in [-0.39, 0.29) is 11.2 Å². The number of methoxy groups -OCH3 is 1. The quantitative estimate of drug-likeness (QED) is 0.575. The van der Waals surface area contributed by atoms with Gasteiger partial charge in [0.1, 0.15) is 0 Å². The summed E-state index contributed by atoms with van der Waals surface area (Å²) in [5, 5.41) is 0. The van der Waals surface area contributed by atoms with Gasteiger partial charge in [-0.3, -0.25) is 0 Å². The first kappa shape index (κ1) is 14.9. The average Bonchev–Trinajstić information content (AvgIpc) is 2.13. The van der Waals surface area contributed by atoms with Crippen molar-refractivity contribution < 1.29 is 9.47 Å². The van der Waals surface area contributed by atoms with Crippen molar-refractivity contribution in [2.24, 2.45) is 0 Å². The minimum absolute atomic E-state index is 0.0156. The summed E-state index contributed by atoms with van der Waals surface area (Å²) >= 11 is 0. The molecule has 0 saturated carbocycles. The molecule has 2 heteroatoms. The predicted molar refractivity (Wildman–Crippen MR) is 65.3 cm³/mol. The van der Waals surface area contributed by atoms with Gasteiger partial charge in [0.05, 0.1) is 11.2 Å². The maximum Gasteiger partial charge on any atom is 0.0626 e. The van der Waals surface area contributed by atoms with Crippen LogP contribution in [0.5, 0.6) is 0 Å². The second-order valence-electron chi connectivity index (χ2n) is 5.43. The lowest BCUT2D eigenvalue weighted by Crippen LogP contribution is -2.27. The van der Waals surface area contributed by atoms with Crippen molar-refractivity contribution in [3.63, 3.8) is 0 Å². The predicted octanol–water partition coefficient (Wildman–Crippen LogP) is 3.79. The van der Waals surface area contributed by atoms with Crippen LogP contribution in [0.15, 0.2) is 0 Å². The smallest absolute Gasteiger partial charge is 0.0626 e. The lowest BCUT2D eigenvalue weighted by molar-refractivity contribution is -0.0392. The van der Waals surface area contributed by atoms with Gasteiger partial charge in [-0.05, 0) is 47.0 Å². The number of hydrogen-bond donors (Lipinski definition) is 0. The Balaban J connectivity index is 3.62. The standard InChI is InChI=1S/C13H28O2/c1-7-9-13(4,5)15-11-8-10-12(2,3)14-6/h7-11H2,1-6H3. The highest BCUT2D eigenvalue weighted by molar-refractivity contribution is 4.70. The Morgan fingerprint density at radius 2 is 1.53 bits per heavy atom. The van der Waals surface area contributed by atoms with Gasteiger partial charge in [0.2, 0.25) is 0 Å². The minimum Gasteiger partial charge on any atom is -0.379 e. The third kappa shape index (κ3) is 7.80. The van der Waals surface area contributed by atoms with E-state index in [2.05, 4.69) is 34.6 Å². The molecule has 0 aliphatic rings. The van der Waals surface area contributed by atoms with E-state index in [1.807, 2.05) is 0 Å². The van der Waals surface area contributed by atoms with Crippen LogP contribution in [-0.2, 0) is 9.47 Å². The average molecular weight is 216 g/mol. The summed E-state index contributed by atoms with van der Waals surface area (Å²) in [7, 11) is 1.77. The summed E-state index contributed by atoms with van der Waals surface area (Å²) in [5.74, 6) is 0. The van der Waals surface area contributed by atoms with Crippen LogP contribution in [0.4, 0.5) is 0 Å². The van der Waals surface area contributed by atoms with Crippen molar-refractivity contribution >= 4 is 0 Å². The van der Waals surface area contributed by atoms with Crippen LogP contribution < -0.4 is 0 Å². The highest BCUT2D eigenvalue weighted by Gasteiger charge is 2.19. The fraction of sp³-hybridized carbons (Fsp3) is 1.00. The molecule has 0 fully saturated rings. The molecule has 15 heavy (non-hydrogen) atoms. The van der Waals surface area contributed by atoms with Gasteiger partial charge in [-0.1, -0.05) is 13.3 Å². The van der Waals surface area contributed by atoms with Gasteiger partial charge in [-0.25, -0.2) is 0 Å². The summed E-state index contributed by atoms with van der Waals surface area (Å²) in [4.78, 5) is 0. The zero-order valence-corrected chi connectivity index (χ0v) is 11.4. The molecule has 0 aromatic heterocycles. The first-order valence-electron chi connectivity index (χ1n) is 6.02. The maximum absolute atomic E-state index is 5.85. The Labute approximate surface area is 95.3 Å². The van der Waals surface area contributed by atoms with Gasteiger partial charge in [-0.15, -0.1) is 0 Å². The fourth-order valence-electron chi connectivity index (χ4n) is 1.62. The minimum atomic E-state index is -0.0156. The topological polar surface area (TPSA) is 18.5 Å². The molecule has 0 saturated heterocycles. The van der Waals surface area contributed by atoms with E-state index in [0.29, 0.717) is 0 Å². The Kier molecular flexibility index (Phi) is 6.46. The first-order chi connectivity index (χ1) is 6.83. The third-order valence-corrected chi connectivity index (χ3v) is 2.82. The zero-order valence-electron chi connectivity index (χ0n) is 11.4. The number of ether oxygens (including phenoxy) is 2. The molecule has 0 rings (SSSR count). The van der Waals surface area contributed by atoms with Crippen molar-refractivity contribution in [3.8, 4) is 0 Å². The molecule has 0 spiro atoms. The molecular formula is C13H28O2. The molecule has 0 amide bonds. The molecular weight excluding hydrogens is 188 g/mol. The molecule has 0 heterocycles. The van der Waals surface area contributed by atoms with Crippen LogP contribution in [0.25, 0.3) is 0 Å². The second-order valence-corrected chi connectivity index (χ2v) is 5.43. The molecule has 2 nitrogen and oxygen atoms in total. The molecule has 0 aliphatic carbocycles. The van der Waals surface area contributed by atoms with Gasteiger partial charge in [0.25, 0.3) is 0 Å². The van der Waals surface area contributed by atoms with Gasteiger partial charge in [0.15, 0.2) is 0 Å². The van der Waals surface area contributed by atoms with E-state index < -0.39 is 0 Å². The van der Waals surface area contributed by atoms with Crippen LogP contribution in [-0.4, -0.2) is 24.9 Å². The molecule has 0 atom stereocenters. The molecule has 0 unspecified atom stereocenters. The summed E-state index contributed by atoms with van der Waals surface area (Å²) in [6, 6.07) is 0. The van der Waals surface area contributed by atoms with Crippen LogP contribution in [0.2, 0.25) is 0 Å². The highest BCUT2D eigenvalue weighted by Crippen LogP contribution is 2.19. The van der Waals surface area contributed by atoms with Crippen molar-refractivity contribution in [1.29, 1.82) is 0 Å². The fourth-order valence-corrected chi connectivity index (χ4v) is 1.62. The van der Waals surface area contributed by atoms with Crippen LogP contribution in [0.1, 0.15) is 60.3 Å². The van der Waals surface area contributed by atoms with Crippen molar-refractivity contribution in [3.05, 3.63) is 0 Å². The summed E-state index contributed by atoms with van der Waals surface area (Å²) in [5.41, 5.74) is 0.0181. The SMILES string of the molecule is CCCC(C)(C)OCCCC(C)(C)OC. The largest absolute Gasteiger partial charge is 0.379 e. The summed E-state index contributed by atoms with van der Waals surface area (Å²) < 4.78 is 11.2. The Hall–Kier alpha value is -0.0800. The van der Waals surface area contributed by atoms with E-state index in [1.54, 1.807) is 7.11 Å². The zero-order chi connectivity index (χ0) is 11.9. The Morgan fingerprint density at radius 1 is 0.933 bits per heavy atom. The number of rotatable bonds is 8. The molecule has 0 aliphatic heterocycles. The van der Waals surface area contributed by atoms with Crippen molar-refractivity contribution in [1.82, 2.24) is 0 Å². The lowest BCUT2D eigenvalue weighted by Gasteiger charge is -2.27. The first-order valence-corrected chi connectivity index (χ1v) is 6.02. The van der Waals surface area contributed by atoms with E-state index >= 15 is 0 Å². The van der Waals surface area contributed by atoms with Gasteiger partial charge in [-0.2, -0.15) is 0 Å². The normalized spacial score (nSPS) is 13.2. The highest BCUT2D eigenvalue weighted by atomic mass is 16.5. The molecule has 0 aromatic carbocycles. The maximum atomic E-state index is 5.85. The van der Waals surface area contributed by atoms with Gasteiger partial charge < -0.3 is 9.47 Å². The Morgan fingerprint density at radius 3 is 2.00 bits per heavy atom. The molecule has 92 valence electrons.